The summed E-state index contributed by atoms with van der Waals surface area (Å²) < 4.78 is 10.6. The highest BCUT2D eigenvalue weighted by molar-refractivity contribution is 5.95. The van der Waals surface area contributed by atoms with Crippen molar-refractivity contribution in [3.05, 3.63) is 0 Å². The van der Waals surface area contributed by atoms with Gasteiger partial charge in [-0.05, 0) is 77.6 Å². The first-order chi connectivity index (χ1) is 10.7. The summed E-state index contributed by atoms with van der Waals surface area (Å²) in [4.78, 5) is 24.8. The third-order valence-corrected chi connectivity index (χ3v) is 5.52. The lowest BCUT2D eigenvalue weighted by atomic mass is 9.77. The van der Waals surface area contributed by atoms with E-state index in [4.69, 9.17) is 9.47 Å². The molecule has 0 unspecified atom stereocenters. The summed E-state index contributed by atoms with van der Waals surface area (Å²) in [5.74, 6) is 2.22. The van der Waals surface area contributed by atoms with Gasteiger partial charge in [-0.3, -0.25) is 4.79 Å². The van der Waals surface area contributed by atoms with Gasteiger partial charge in [0, 0.05) is 0 Å². The molecule has 1 aliphatic heterocycles. The highest BCUT2D eigenvalue weighted by Crippen LogP contribution is 2.50. The number of fused-ring (bicyclic) bond motifs is 1. The van der Waals surface area contributed by atoms with Crippen molar-refractivity contribution >= 4 is 11.9 Å². The fraction of sp³-hybridized carbons (Fsp3) is 0.889. The number of carbonyl (C=O) groups is 2. The highest BCUT2D eigenvalue weighted by Gasteiger charge is 2.51. The minimum Gasteiger partial charge on any atom is -0.444 e. The van der Waals surface area contributed by atoms with Crippen LogP contribution in [-0.4, -0.2) is 35.7 Å². The van der Waals surface area contributed by atoms with Crippen LogP contribution in [0.3, 0.4) is 0 Å². The molecule has 23 heavy (non-hydrogen) atoms. The molecule has 3 aliphatic rings. The van der Waals surface area contributed by atoms with Gasteiger partial charge >= 0.3 is 6.09 Å². The molecular formula is C18H29NO4. The number of amides is 1. The SMILES string of the molecule is CC(C)(C)OC(=O)N[C@@H](C[C@H]1C[C@H]2CC[C@H]2C1)C(=O)[C@@]1(C)CO1. The molecular weight excluding hydrogens is 294 g/mol. The van der Waals surface area contributed by atoms with Crippen LogP contribution in [0.4, 0.5) is 4.79 Å². The summed E-state index contributed by atoms with van der Waals surface area (Å²) in [5, 5.41) is 2.81. The number of hydrogen-bond acceptors (Lipinski definition) is 4. The van der Waals surface area contributed by atoms with Gasteiger partial charge in [-0.25, -0.2) is 4.79 Å². The maximum atomic E-state index is 12.7. The fourth-order valence-electron chi connectivity index (χ4n) is 4.04. The second-order valence-electron chi connectivity index (χ2n) is 8.75. The molecule has 1 saturated heterocycles. The Labute approximate surface area is 138 Å². The molecule has 0 spiro atoms. The second-order valence-corrected chi connectivity index (χ2v) is 8.75. The van der Waals surface area contributed by atoms with E-state index in [0.29, 0.717) is 18.9 Å². The van der Waals surface area contributed by atoms with E-state index in [1.165, 1.54) is 25.7 Å². The molecule has 3 rings (SSSR count). The molecule has 5 atom stereocenters. The Bertz CT molecular complexity index is 480. The third kappa shape index (κ3) is 3.87. The fourth-order valence-corrected chi connectivity index (χ4v) is 4.04. The lowest BCUT2D eigenvalue weighted by Gasteiger charge is -2.29. The van der Waals surface area contributed by atoms with Crippen molar-refractivity contribution in [3.8, 4) is 0 Å². The van der Waals surface area contributed by atoms with Crippen molar-refractivity contribution in [3.63, 3.8) is 0 Å². The summed E-state index contributed by atoms with van der Waals surface area (Å²) in [5.41, 5.74) is -1.28. The van der Waals surface area contributed by atoms with Crippen LogP contribution < -0.4 is 5.32 Å². The Morgan fingerprint density at radius 2 is 1.83 bits per heavy atom. The average Bonchev–Trinajstić information content (AvgIpc) is 3.09. The molecule has 5 heteroatoms. The largest absolute Gasteiger partial charge is 0.444 e. The van der Waals surface area contributed by atoms with Gasteiger partial charge in [-0.1, -0.05) is 0 Å². The predicted molar refractivity (Wildman–Crippen MR) is 86.1 cm³/mol. The van der Waals surface area contributed by atoms with Crippen LogP contribution in [0.15, 0.2) is 0 Å². The Morgan fingerprint density at radius 1 is 1.26 bits per heavy atom. The topological polar surface area (TPSA) is 67.9 Å². The van der Waals surface area contributed by atoms with Gasteiger partial charge in [0.05, 0.1) is 12.6 Å². The number of nitrogens with one attached hydrogen (secondary N) is 1. The lowest BCUT2D eigenvalue weighted by molar-refractivity contribution is -0.126. The summed E-state index contributed by atoms with van der Waals surface area (Å²) in [6.45, 7) is 7.72. The zero-order valence-electron chi connectivity index (χ0n) is 14.7. The van der Waals surface area contributed by atoms with Crippen molar-refractivity contribution in [2.45, 2.75) is 77.0 Å². The summed E-state index contributed by atoms with van der Waals surface area (Å²) in [7, 11) is 0. The number of hydrogen-bond donors (Lipinski definition) is 1. The van der Waals surface area contributed by atoms with Gasteiger partial charge in [0.15, 0.2) is 5.78 Å². The van der Waals surface area contributed by atoms with Crippen molar-refractivity contribution in [2.75, 3.05) is 6.61 Å². The van der Waals surface area contributed by atoms with E-state index in [2.05, 4.69) is 5.32 Å². The molecule has 0 aromatic carbocycles. The number of carbonyl (C=O) groups excluding carboxylic acids is 2. The number of Topliss-reactive ketones (excluding diaryl/α,β-unsaturated/α-hetero) is 1. The second kappa shape index (κ2) is 5.76. The standard InChI is InChI=1S/C18H29NO4/c1-17(2,3)23-16(21)19-14(15(20)18(4)10-22-18)9-11-7-12-5-6-13(12)8-11/h11-14H,5-10H2,1-4H3,(H,19,21)/t11-,12+,13-,14-,18+/m0/s1. The first kappa shape index (κ1) is 16.7. The first-order valence-electron chi connectivity index (χ1n) is 8.84. The molecule has 0 aromatic heterocycles. The lowest BCUT2D eigenvalue weighted by Crippen LogP contribution is -2.48. The maximum Gasteiger partial charge on any atom is 0.408 e. The van der Waals surface area contributed by atoms with Crippen molar-refractivity contribution < 1.29 is 19.1 Å². The molecule has 1 amide bonds. The molecule has 130 valence electrons. The predicted octanol–water partition coefficient (Wildman–Crippen LogP) is 3.06. The maximum absolute atomic E-state index is 12.7. The molecule has 3 fully saturated rings. The van der Waals surface area contributed by atoms with Crippen LogP contribution in [0, 0.1) is 17.8 Å². The van der Waals surface area contributed by atoms with Gasteiger partial charge in [-0.15, -0.1) is 0 Å². The van der Waals surface area contributed by atoms with Crippen molar-refractivity contribution in [2.24, 2.45) is 17.8 Å². The third-order valence-electron chi connectivity index (χ3n) is 5.52. The van der Waals surface area contributed by atoms with Gasteiger partial charge in [0.2, 0.25) is 0 Å². The molecule has 2 aliphatic carbocycles. The van der Waals surface area contributed by atoms with E-state index in [0.717, 1.165) is 11.8 Å². The Hall–Kier alpha value is -1.10. The van der Waals surface area contributed by atoms with Crippen LogP contribution in [0.25, 0.3) is 0 Å². The van der Waals surface area contributed by atoms with Crippen LogP contribution in [0.2, 0.25) is 0 Å². The van der Waals surface area contributed by atoms with E-state index in [1.807, 2.05) is 20.8 Å². The van der Waals surface area contributed by atoms with Crippen LogP contribution in [0.5, 0.6) is 0 Å². The molecule has 0 bridgehead atoms. The Balaban J connectivity index is 1.61. The number of alkyl carbamates (subject to hydrolysis) is 1. The molecule has 0 radical (unpaired) electrons. The monoisotopic (exact) mass is 323 g/mol. The number of epoxide rings is 1. The Morgan fingerprint density at radius 3 is 2.26 bits per heavy atom. The summed E-state index contributed by atoms with van der Waals surface area (Å²) in [6.07, 6.45) is 5.26. The number of ether oxygens (including phenoxy) is 2. The van der Waals surface area contributed by atoms with Crippen LogP contribution in [-0.2, 0) is 14.3 Å². The van der Waals surface area contributed by atoms with Crippen molar-refractivity contribution in [1.29, 1.82) is 0 Å². The zero-order valence-corrected chi connectivity index (χ0v) is 14.7. The first-order valence-corrected chi connectivity index (χ1v) is 8.84. The van der Waals surface area contributed by atoms with Gasteiger partial charge in [0.1, 0.15) is 11.2 Å². The van der Waals surface area contributed by atoms with Gasteiger partial charge < -0.3 is 14.8 Å². The molecule has 5 nitrogen and oxygen atoms in total. The van der Waals surface area contributed by atoms with E-state index >= 15 is 0 Å². The number of rotatable bonds is 5. The Kier molecular flexibility index (Phi) is 4.20. The zero-order chi connectivity index (χ0) is 16.8. The van der Waals surface area contributed by atoms with Gasteiger partial charge in [-0.2, -0.15) is 0 Å². The smallest absolute Gasteiger partial charge is 0.408 e. The molecule has 2 saturated carbocycles. The van der Waals surface area contributed by atoms with E-state index in [1.54, 1.807) is 6.92 Å². The minimum absolute atomic E-state index is 0.0115. The van der Waals surface area contributed by atoms with E-state index in [9.17, 15) is 9.59 Å². The van der Waals surface area contributed by atoms with E-state index in [-0.39, 0.29) is 5.78 Å². The van der Waals surface area contributed by atoms with Gasteiger partial charge in [0.25, 0.3) is 0 Å². The minimum atomic E-state index is -0.711. The molecule has 1 heterocycles. The van der Waals surface area contributed by atoms with Crippen LogP contribution >= 0.6 is 0 Å². The van der Waals surface area contributed by atoms with Crippen LogP contribution in [0.1, 0.15) is 59.8 Å². The normalized spacial score (nSPS) is 36.6. The summed E-state index contributed by atoms with van der Waals surface area (Å²) in [6, 6.07) is -0.500. The average molecular weight is 323 g/mol. The molecule has 1 N–H and O–H groups in total. The van der Waals surface area contributed by atoms with Crippen molar-refractivity contribution in [1.82, 2.24) is 5.32 Å². The quantitative estimate of drug-likeness (QED) is 0.790. The highest BCUT2D eigenvalue weighted by atomic mass is 16.6. The summed E-state index contributed by atoms with van der Waals surface area (Å²) >= 11 is 0. The van der Waals surface area contributed by atoms with E-state index < -0.39 is 23.3 Å². The number of ketones is 1. The molecule has 0 aromatic rings.